The van der Waals surface area contributed by atoms with Gasteiger partial charge in [0.1, 0.15) is 5.69 Å². The molecule has 0 bridgehead atoms. The molecule has 1 aliphatic carbocycles. The maximum Gasteiger partial charge on any atom is 0.321 e. The summed E-state index contributed by atoms with van der Waals surface area (Å²) in [4.78, 5) is 35.0. The summed E-state index contributed by atoms with van der Waals surface area (Å²) < 4.78 is 0. The Balaban J connectivity index is 1.31. The van der Waals surface area contributed by atoms with Crippen LogP contribution in [0.5, 0.6) is 0 Å². The number of carbonyl (C=O) groups excluding carboxylic acids is 2. The number of hydrogen-bond acceptors (Lipinski definition) is 4. The molecular weight excluding hydrogens is 330 g/mol. The van der Waals surface area contributed by atoms with Crippen molar-refractivity contribution in [3.8, 4) is 0 Å². The maximum absolute atomic E-state index is 12.6. The van der Waals surface area contributed by atoms with Crippen molar-refractivity contribution >= 4 is 17.6 Å². The first-order chi connectivity index (χ1) is 12.6. The maximum atomic E-state index is 12.6. The van der Waals surface area contributed by atoms with Gasteiger partial charge in [-0.3, -0.25) is 9.78 Å². The van der Waals surface area contributed by atoms with Crippen molar-refractivity contribution in [2.75, 3.05) is 51.6 Å². The monoisotopic (exact) mass is 357 g/mol. The highest BCUT2D eigenvalue weighted by Crippen LogP contribution is 2.38. The summed E-state index contributed by atoms with van der Waals surface area (Å²) in [5.74, 6) is 1.51. The first-order valence-electron chi connectivity index (χ1n) is 9.58. The van der Waals surface area contributed by atoms with E-state index in [1.54, 1.807) is 18.3 Å². The lowest BCUT2D eigenvalue weighted by atomic mass is 9.94. The average molecular weight is 357 g/mol. The highest BCUT2D eigenvalue weighted by molar-refractivity contribution is 5.95. The molecule has 3 aliphatic rings. The van der Waals surface area contributed by atoms with Gasteiger partial charge in [0.25, 0.3) is 5.91 Å². The second-order valence-corrected chi connectivity index (χ2v) is 7.91. The van der Waals surface area contributed by atoms with E-state index in [4.69, 9.17) is 0 Å². The van der Waals surface area contributed by atoms with Crippen LogP contribution in [0.2, 0.25) is 0 Å². The van der Waals surface area contributed by atoms with Gasteiger partial charge < -0.3 is 20.0 Å². The normalized spacial score (nSPS) is 21.4. The lowest BCUT2D eigenvalue weighted by molar-refractivity contribution is 0.0658. The number of aromatic nitrogens is 1. The molecule has 0 radical (unpaired) electrons. The number of likely N-dealkylation sites (N-methyl/N-ethyl adjacent to an activating group) is 1. The van der Waals surface area contributed by atoms with Crippen LogP contribution >= 0.6 is 0 Å². The summed E-state index contributed by atoms with van der Waals surface area (Å²) in [5.41, 5.74) is 1.02. The molecule has 0 aromatic carbocycles. The Morgan fingerprint density at radius 2 is 1.85 bits per heavy atom. The Morgan fingerprint density at radius 3 is 2.54 bits per heavy atom. The molecule has 0 spiro atoms. The van der Waals surface area contributed by atoms with Crippen LogP contribution < -0.4 is 5.32 Å². The molecule has 3 heterocycles. The molecular formula is C19H27N5O2. The van der Waals surface area contributed by atoms with E-state index in [2.05, 4.69) is 22.2 Å². The largest absolute Gasteiger partial charge is 0.335 e. The molecule has 7 heteroatoms. The molecule has 1 saturated carbocycles. The molecule has 2 aliphatic heterocycles. The summed E-state index contributed by atoms with van der Waals surface area (Å²) in [6, 6.07) is 3.33. The Morgan fingerprint density at radius 1 is 1.12 bits per heavy atom. The molecule has 26 heavy (non-hydrogen) atoms. The number of carbonyl (C=O) groups is 2. The second kappa shape index (κ2) is 7.23. The Bertz CT molecular complexity index is 676. The topological polar surface area (TPSA) is 68.8 Å². The summed E-state index contributed by atoms with van der Waals surface area (Å²) in [6.45, 7) is 4.87. The van der Waals surface area contributed by atoms with Crippen molar-refractivity contribution in [2.45, 2.75) is 19.3 Å². The molecule has 2 saturated heterocycles. The lowest BCUT2D eigenvalue weighted by Gasteiger charge is -2.39. The first-order valence-corrected chi connectivity index (χ1v) is 9.58. The van der Waals surface area contributed by atoms with Crippen molar-refractivity contribution < 1.29 is 9.59 Å². The third kappa shape index (κ3) is 3.98. The van der Waals surface area contributed by atoms with Gasteiger partial charge in [0.05, 0.1) is 0 Å². The fraction of sp³-hybridized carbons (Fsp3) is 0.632. The number of piperazine rings is 1. The second-order valence-electron chi connectivity index (χ2n) is 7.91. The van der Waals surface area contributed by atoms with E-state index >= 15 is 0 Å². The third-order valence-electron chi connectivity index (χ3n) is 5.63. The van der Waals surface area contributed by atoms with Gasteiger partial charge in [0, 0.05) is 51.2 Å². The molecule has 3 amide bonds. The number of likely N-dealkylation sites (tertiary alicyclic amines) is 1. The van der Waals surface area contributed by atoms with E-state index in [-0.39, 0.29) is 11.9 Å². The molecule has 1 N–H and O–H groups in total. The molecule has 3 fully saturated rings. The minimum Gasteiger partial charge on any atom is -0.335 e. The van der Waals surface area contributed by atoms with Gasteiger partial charge in [0.15, 0.2) is 0 Å². The minimum atomic E-state index is -0.0822. The zero-order chi connectivity index (χ0) is 18.1. The van der Waals surface area contributed by atoms with E-state index in [1.165, 1.54) is 19.3 Å². The zero-order valence-electron chi connectivity index (χ0n) is 15.4. The van der Waals surface area contributed by atoms with Gasteiger partial charge in [-0.2, -0.15) is 0 Å². The Kier molecular flexibility index (Phi) is 4.80. The number of urea groups is 1. The number of hydrogen-bond donors (Lipinski definition) is 1. The third-order valence-corrected chi connectivity index (χ3v) is 5.63. The molecule has 140 valence electrons. The highest BCUT2D eigenvalue weighted by Gasteiger charge is 2.35. The van der Waals surface area contributed by atoms with Crippen molar-refractivity contribution in [2.24, 2.45) is 11.8 Å². The van der Waals surface area contributed by atoms with Gasteiger partial charge in [-0.25, -0.2) is 4.79 Å². The van der Waals surface area contributed by atoms with Crippen LogP contribution in [0.1, 0.15) is 29.8 Å². The van der Waals surface area contributed by atoms with Crippen molar-refractivity contribution in [1.82, 2.24) is 19.7 Å². The van der Waals surface area contributed by atoms with Gasteiger partial charge >= 0.3 is 6.03 Å². The number of amides is 3. The molecule has 1 aromatic rings. The van der Waals surface area contributed by atoms with Crippen LogP contribution in [0.15, 0.2) is 18.3 Å². The fourth-order valence-electron chi connectivity index (χ4n) is 3.71. The van der Waals surface area contributed by atoms with Crippen LogP contribution in [0.25, 0.3) is 0 Å². The van der Waals surface area contributed by atoms with E-state index in [0.29, 0.717) is 30.4 Å². The average Bonchev–Trinajstić information content (AvgIpc) is 3.42. The lowest BCUT2D eigenvalue weighted by Crippen LogP contribution is -2.51. The Labute approximate surface area is 154 Å². The summed E-state index contributed by atoms with van der Waals surface area (Å²) in [5, 5.41) is 2.91. The van der Waals surface area contributed by atoms with Gasteiger partial charge in [-0.1, -0.05) is 12.8 Å². The van der Waals surface area contributed by atoms with Crippen LogP contribution in [0.4, 0.5) is 10.5 Å². The van der Waals surface area contributed by atoms with Crippen LogP contribution in [0.3, 0.4) is 0 Å². The summed E-state index contributed by atoms with van der Waals surface area (Å²) in [7, 11) is 2.06. The number of nitrogens with one attached hydrogen (secondary N) is 1. The standard InChI is InChI=1S/C19H27N5O2/c1-22-6-8-23(9-7-22)18(25)17-11-16(4-5-20-17)21-19(26)24-12-15(13-24)10-14-2-3-14/h4-5,11,14-15H,2-3,6-10,12-13H2,1H3,(H,20,21,26). The molecule has 7 nitrogen and oxygen atoms in total. The zero-order valence-corrected chi connectivity index (χ0v) is 15.4. The van der Waals surface area contributed by atoms with E-state index in [1.807, 2.05) is 9.80 Å². The number of pyridine rings is 1. The van der Waals surface area contributed by atoms with Gasteiger partial charge in [-0.15, -0.1) is 0 Å². The van der Waals surface area contributed by atoms with Crippen LogP contribution in [-0.2, 0) is 0 Å². The van der Waals surface area contributed by atoms with Crippen molar-refractivity contribution in [3.63, 3.8) is 0 Å². The van der Waals surface area contributed by atoms with E-state index in [0.717, 1.165) is 32.1 Å². The molecule has 0 unspecified atom stereocenters. The first kappa shape index (κ1) is 17.3. The summed E-state index contributed by atoms with van der Waals surface area (Å²) in [6.07, 6.45) is 5.58. The van der Waals surface area contributed by atoms with Crippen LogP contribution in [0, 0.1) is 11.8 Å². The predicted octanol–water partition coefficient (Wildman–Crippen LogP) is 1.73. The van der Waals surface area contributed by atoms with Gasteiger partial charge in [0.2, 0.25) is 0 Å². The quantitative estimate of drug-likeness (QED) is 0.891. The number of anilines is 1. The number of rotatable bonds is 4. The molecule has 1 aromatic heterocycles. The van der Waals surface area contributed by atoms with Crippen molar-refractivity contribution in [1.29, 1.82) is 0 Å². The smallest absolute Gasteiger partial charge is 0.321 e. The SMILES string of the molecule is CN1CCN(C(=O)c2cc(NC(=O)N3CC(CC4CC4)C3)ccn2)CC1. The highest BCUT2D eigenvalue weighted by atomic mass is 16.2. The van der Waals surface area contributed by atoms with Gasteiger partial charge in [-0.05, 0) is 37.4 Å². The molecule has 0 atom stereocenters. The Hall–Kier alpha value is -2.15. The minimum absolute atomic E-state index is 0.0670. The predicted molar refractivity (Wildman–Crippen MR) is 99.1 cm³/mol. The van der Waals surface area contributed by atoms with Crippen LogP contribution in [-0.4, -0.2) is 77.9 Å². The van der Waals surface area contributed by atoms with Crippen molar-refractivity contribution in [3.05, 3.63) is 24.0 Å². The fourth-order valence-corrected chi connectivity index (χ4v) is 3.71. The molecule has 4 rings (SSSR count). The summed E-state index contributed by atoms with van der Waals surface area (Å²) >= 11 is 0. The number of nitrogens with zero attached hydrogens (tertiary/aromatic N) is 4. The van der Waals surface area contributed by atoms with E-state index < -0.39 is 0 Å². The van der Waals surface area contributed by atoms with E-state index in [9.17, 15) is 9.59 Å².